The topological polar surface area (TPSA) is 12.0 Å². The maximum atomic E-state index is 13.6. The normalized spacial score (nSPS) is 30.7. The molecular weight excluding hydrogens is 245 g/mol. The molecule has 0 aromatic heterocycles. The van der Waals surface area contributed by atoms with E-state index in [2.05, 4.69) is 30.1 Å². The summed E-state index contributed by atoms with van der Waals surface area (Å²) in [4.78, 5) is 0. The van der Waals surface area contributed by atoms with Crippen molar-refractivity contribution in [3.8, 4) is 0 Å². The van der Waals surface area contributed by atoms with Crippen LogP contribution in [0.1, 0.15) is 43.4 Å². The van der Waals surface area contributed by atoms with Gasteiger partial charge in [-0.2, -0.15) is 11.8 Å². The van der Waals surface area contributed by atoms with E-state index in [9.17, 15) is 4.39 Å². The molecule has 3 heteroatoms. The lowest BCUT2D eigenvalue weighted by molar-refractivity contribution is 0.469. The Bertz CT molecular complexity index is 440. The van der Waals surface area contributed by atoms with Gasteiger partial charge in [0.25, 0.3) is 0 Å². The number of halogens is 1. The Morgan fingerprint density at radius 2 is 2.39 bits per heavy atom. The SMILES string of the molecule is CC1(CNC2CCc3c(F)cccc32)CCCS1. The summed E-state index contributed by atoms with van der Waals surface area (Å²) in [5, 5.41) is 3.66. The fourth-order valence-corrected chi connectivity index (χ4v) is 4.39. The summed E-state index contributed by atoms with van der Waals surface area (Å²) < 4.78 is 14.0. The molecule has 1 aliphatic carbocycles. The lowest BCUT2D eigenvalue weighted by Crippen LogP contribution is -2.34. The summed E-state index contributed by atoms with van der Waals surface area (Å²) in [5.41, 5.74) is 2.11. The van der Waals surface area contributed by atoms with Crippen molar-refractivity contribution in [2.24, 2.45) is 0 Å². The molecule has 1 saturated heterocycles. The van der Waals surface area contributed by atoms with Crippen LogP contribution < -0.4 is 5.32 Å². The predicted molar refractivity (Wildman–Crippen MR) is 75.6 cm³/mol. The quantitative estimate of drug-likeness (QED) is 0.894. The fraction of sp³-hybridized carbons (Fsp3) is 0.600. The first-order chi connectivity index (χ1) is 8.68. The molecule has 2 aliphatic rings. The Balaban J connectivity index is 1.68. The molecule has 0 amide bonds. The van der Waals surface area contributed by atoms with Crippen molar-refractivity contribution in [1.82, 2.24) is 5.32 Å². The first kappa shape index (κ1) is 12.5. The third kappa shape index (κ3) is 2.30. The second-order valence-electron chi connectivity index (χ2n) is 5.68. The number of rotatable bonds is 3. The van der Waals surface area contributed by atoms with Gasteiger partial charge in [0, 0.05) is 17.3 Å². The lowest BCUT2D eigenvalue weighted by atomic mass is 10.0. The smallest absolute Gasteiger partial charge is 0.126 e. The van der Waals surface area contributed by atoms with E-state index in [1.807, 2.05) is 6.07 Å². The molecule has 1 nitrogen and oxygen atoms in total. The molecule has 0 saturated carbocycles. The highest BCUT2D eigenvalue weighted by molar-refractivity contribution is 8.00. The van der Waals surface area contributed by atoms with Gasteiger partial charge in [0.05, 0.1) is 0 Å². The summed E-state index contributed by atoms with van der Waals surface area (Å²) in [6.45, 7) is 3.39. The van der Waals surface area contributed by atoms with Gasteiger partial charge in [0.1, 0.15) is 5.82 Å². The molecule has 1 N–H and O–H groups in total. The Labute approximate surface area is 113 Å². The molecule has 1 heterocycles. The second kappa shape index (κ2) is 4.86. The van der Waals surface area contributed by atoms with Gasteiger partial charge in [0.15, 0.2) is 0 Å². The lowest BCUT2D eigenvalue weighted by Gasteiger charge is -2.26. The summed E-state index contributed by atoms with van der Waals surface area (Å²) in [5.74, 6) is 1.26. The first-order valence-corrected chi connectivity index (χ1v) is 7.81. The van der Waals surface area contributed by atoms with E-state index in [1.54, 1.807) is 6.07 Å². The number of hydrogen-bond acceptors (Lipinski definition) is 2. The van der Waals surface area contributed by atoms with Gasteiger partial charge < -0.3 is 5.32 Å². The van der Waals surface area contributed by atoms with E-state index in [4.69, 9.17) is 0 Å². The molecule has 1 fully saturated rings. The van der Waals surface area contributed by atoms with E-state index in [0.29, 0.717) is 10.8 Å². The van der Waals surface area contributed by atoms with E-state index in [-0.39, 0.29) is 5.82 Å². The highest BCUT2D eigenvalue weighted by Gasteiger charge is 2.31. The van der Waals surface area contributed by atoms with Crippen molar-refractivity contribution < 1.29 is 4.39 Å². The summed E-state index contributed by atoms with van der Waals surface area (Å²) in [6, 6.07) is 5.84. The Kier molecular flexibility index (Phi) is 3.37. The van der Waals surface area contributed by atoms with Gasteiger partial charge in [0.2, 0.25) is 0 Å². The van der Waals surface area contributed by atoms with Crippen molar-refractivity contribution in [3.05, 3.63) is 35.1 Å². The average molecular weight is 265 g/mol. The molecule has 1 aromatic carbocycles. The molecule has 0 bridgehead atoms. The number of hydrogen-bond donors (Lipinski definition) is 1. The van der Waals surface area contributed by atoms with E-state index in [0.717, 1.165) is 24.9 Å². The largest absolute Gasteiger partial charge is 0.309 e. The van der Waals surface area contributed by atoms with Gasteiger partial charge in [-0.25, -0.2) is 4.39 Å². The van der Waals surface area contributed by atoms with Crippen molar-refractivity contribution in [2.75, 3.05) is 12.3 Å². The highest BCUT2D eigenvalue weighted by atomic mass is 32.2. The molecule has 98 valence electrons. The van der Waals surface area contributed by atoms with Gasteiger partial charge in [-0.15, -0.1) is 0 Å². The number of fused-ring (bicyclic) bond motifs is 1. The van der Waals surface area contributed by atoms with E-state index < -0.39 is 0 Å². The minimum Gasteiger partial charge on any atom is -0.309 e. The molecule has 0 radical (unpaired) electrons. The first-order valence-electron chi connectivity index (χ1n) is 6.83. The highest BCUT2D eigenvalue weighted by Crippen LogP contribution is 2.39. The molecule has 1 aliphatic heterocycles. The number of nitrogens with one attached hydrogen (secondary N) is 1. The Morgan fingerprint density at radius 1 is 1.50 bits per heavy atom. The van der Waals surface area contributed by atoms with Gasteiger partial charge >= 0.3 is 0 Å². The second-order valence-corrected chi connectivity index (χ2v) is 7.36. The maximum absolute atomic E-state index is 13.6. The third-order valence-electron chi connectivity index (χ3n) is 4.24. The van der Waals surface area contributed by atoms with Gasteiger partial charge in [-0.3, -0.25) is 0 Å². The summed E-state index contributed by atoms with van der Waals surface area (Å²) >= 11 is 2.08. The fourth-order valence-electron chi connectivity index (χ4n) is 3.14. The van der Waals surface area contributed by atoms with Crippen molar-refractivity contribution in [3.63, 3.8) is 0 Å². The average Bonchev–Trinajstić information content (AvgIpc) is 2.95. The minimum absolute atomic E-state index is 0.0294. The summed E-state index contributed by atoms with van der Waals surface area (Å²) in [7, 11) is 0. The molecule has 2 unspecified atom stereocenters. The third-order valence-corrected chi connectivity index (χ3v) is 5.77. The van der Waals surface area contributed by atoms with Crippen molar-refractivity contribution in [2.45, 2.75) is 43.4 Å². The zero-order valence-electron chi connectivity index (χ0n) is 10.8. The van der Waals surface area contributed by atoms with Crippen LogP contribution in [0, 0.1) is 5.82 Å². The van der Waals surface area contributed by atoms with Crippen LogP contribution in [0.2, 0.25) is 0 Å². The van der Waals surface area contributed by atoms with Crippen LogP contribution in [0.4, 0.5) is 4.39 Å². The Hall–Kier alpha value is -0.540. The van der Waals surface area contributed by atoms with Crippen LogP contribution in [0.15, 0.2) is 18.2 Å². The van der Waals surface area contributed by atoms with Crippen molar-refractivity contribution >= 4 is 11.8 Å². The number of thioether (sulfide) groups is 1. The van der Waals surface area contributed by atoms with Crippen LogP contribution in [0.25, 0.3) is 0 Å². The molecular formula is C15H20FNS. The van der Waals surface area contributed by atoms with Gasteiger partial charge in [-0.1, -0.05) is 12.1 Å². The predicted octanol–water partition coefficient (Wildman–Crippen LogP) is 3.69. The van der Waals surface area contributed by atoms with Crippen LogP contribution >= 0.6 is 11.8 Å². The van der Waals surface area contributed by atoms with Crippen LogP contribution in [-0.4, -0.2) is 17.0 Å². The van der Waals surface area contributed by atoms with E-state index >= 15 is 0 Å². The van der Waals surface area contributed by atoms with Crippen molar-refractivity contribution in [1.29, 1.82) is 0 Å². The number of benzene rings is 1. The summed E-state index contributed by atoms with van der Waals surface area (Å²) in [6.07, 6.45) is 4.55. The van der Waals surface area contributed by atoms with Crippen LogP contribution in [0.5, 0.6) is 0 Å². The molecule has 3 rings (SSSR count). The zero-order valence-corrected chi connectivity index (χ0v) is 11.7. The monoisotopic (exact) mass is 265 g/mol. The standard InChI is InChI=1S/C15H20FNS/c1-15(8-3-9-18-15)10-17-14-7-6-11-12(14)4-2-5-13(11)16/h2,4-5,14,17H,3,6-10H2,1H3. The van der Waals surface area contributed by atoms with Crippen LogP contribution in [-0.2, 0) is 6.42 Å². The molecule has 18 heavy (non-hydrogen) atoms. The van der Waals surface area contributed by atoms with Gasteiger partial charge in [-0.05, 0) is 55.6 Å². The molecule has 1 aromatic rings. The minimum atomic E-state index is -0.0294. The molecule has 2 atom stereocenters. The maximum Gasteiger partial charge on any atom is 0.126 e. The zero-order chi connectivity index (χ0) is 12.6. The van der Waals surface area contributed by atoms with Crippen LogP contribution in [0.3, 0.4) is 0 Å². The molecule has 0 spiro atoms. The Morgan fingerprint density at radius 3 is 3.17 bits per heavy atom. The van der Waals surface area contributed by atoms with E-state index in [1.165, 1.54) is 24.2 Å².